The summed E-state index contributed by atoms with van der Waals surface area (Å²) in [6.45, 7) is 5.01. The molecule has 0 heterocycles. The molecule has 2 amide bonds. The second-order valence-corrected chi connectivity index (χ2v) is 13.3. The largest absolute Gasteiger partial charge is 0.481 e. The normalized spacial score (nSPS) is 18.1. The maximum atomic E-state index is 14.3. The molecule has 0 aliphatic heterocycles. The zero-order valence-corrected chi connectivity index (χ0v) is 28.8. The van der Waals surface area contributed by atoms with Gasteiger partial charge in [0.1, 0.15) is 0 Å². The average Bonchev–Trinajstić information content (AvgIpc) is 3.09. The van der Waals surface area contributed by atoms with E-state index in [4.69, 9.17) is 0 Å². The van der Waals surface area contributed by atoms with Gasteiger partial charge in [0.15, 0.2) is 0 Å². The zero-order valence-electron chi connectivity index (χ0n) is 28.8. The molecule has 0 aromatic heterocycles. The molecular weight excluding hydrogens is 628 g/mol. The lowest BCUT2D eigenvalue weighted by molar-refractivity contribution is -0.187. The molecule has 1 aliphatic carbocycles. The molecule has 260 valence electrons. The number of nitrogens with zero attached hydrogens (tertiary/aromatic N) is 2. The summed E-state index contributed by atoms with van der Waals surface area (Å²) < 4.78 is 0. The standard InChI is InChI=1S/C42H46N2O6/c1-3-23-43(27-33-19-15-31(16-20-33)25-29-11-7-5-8-12-29)39(45)35-36(38(42(49)50)37(35)41(47)48)40(46)44(24-4-2)28-34-21-17-32(18-22-34)26-30-13-9-6-10-14-30/h5-22,35-38H,3-4,23-28H2,1-2H3,(H,47,48)(H,49,50). The van der Waals surface area contributed by atoms with Crippen molar-refractivity contribution >= 4 is 23.8 Å². The topological polar surface area (TPSA) is 115 Å². The smallest absolute Gasteiger partial charge is 0.308 e. The molecule has 0 bridgehead atoms. The fraction of sp³-hybridized carbons (Fsp3) is 0.333. The number of carbonyl (C=O) groups is 4. The highest BCUT2D eigenvalue weighted by Crippen LogP contribution is 2.49. The monoisotopic (exact) mass is 674 g/mol. The van der Waals surface area contributed by atoms with Crippen LogP contribution in [0.5, 0.6) is 0 Å². The number of hydrogen-bond donors (Lipinski definition) is 2. The molecule has 0 radical (unpaired) electrons. The molecule has 0 saturated heterocycles. The van der Waals surface area contributed by atoms with Gasteiger partial charge in [0.05, 0.1) is 23.7 Å². The van der Waals surface area contributed by atoms with Crippen LogP contribution in [0.15, 0.2) is 109 Å². The van der Waals surface area contributed by atoms with E-state index in [-0.39, 0.29) is 13.1 Å². The van der Waals surface area contributed by atoms with Gasteiger partial charge in [-0.25, -0.2) is 0 Å². The average molecular weight is 675 g/mol. The van der Waals surface area contributed by atoms with Crippen molar-refractivity contribution in [1.29, 1.82) is 0 Å². The molecule has 1 aliphatic rings. The van der Waals surface area contributed by atoms with Crippen molar-refractivity contribution in [2.75, 3.05) is 13.1 Å². The fourth-order valence-corrected chi connectivity index (χ4v) is 7.10. The summed E-state index contributed by atoms with van der Waals surface area (Å²) in [7, 11) is 0. The maximum Gasteiger partial charge on any atom is 0.308 e. The van der Waals surface area contributed by atoms with E-state index in [1.54, 1.807) is 9.80 Å². The van der Waals surface area contributed by atoms with Gasteiger partial charge >= 0.3 is 11.9 Å². The van der Waals surface area contributed by atoms with Gasteiger partial charge in [-0.1, -0.05) is 123 Å². The fourth-order valence-electron chi connectivity index (χ4n) is 7.10. The van der Waals surface area contributed by atoms with Gasteiger partial charge in [-0.2, -0.15) is 0 Å². The number of amides is 2. The lowest BCUT2D eigenvalue weighted by atomic mass is 9.55. The molecule has 2 N–H and O–H groups in total. The molecule has 5 rings (SSSR count). The molecule has 1 fully saturated rings. The number of benzene rings is 4. The van der Waals surface area contributed by atoms with E-state index in [9.17, 15) is 29.4 Å². The molecule has 1 saturated carbocycles. The Bertz CT molecular complexity index is 1610. The first-order valence-electron chi connectivity index (χ1n) is 17.5. The molecule has 4 unspecified atom stereocenters. The van der Waals surface area contributed by atoms with Crippen molar-refractivity contribution < 1.29 is 29.4 Å². The Labute approximate surface area is 294 Å². The third-order valence-electron chi connectivity index (χ3n) is 9.59. The van der Waals surface area contributed by atoms with Gasteiger partial charge < -0.3 is 20.0 Å². The minimum absolute atomic E-state index is 0.230. The summed E-state index contributed by atoms with van der Waals surface area (Å²) in [5, 5.41) is 20.3. The first-order chi connectivity index (χ1) is 24.2. The number of carboxylic acids is 2. The van der Waals surface area contributed by atoms with E-state index in [1.807, 2.05) is 98.8 Å². The number of carbonyl (C=O) groups excluding carboxylic acids is 2. The second-order valence-electron chi connectivity index (χ2n) is 13.3. The second kappa shape index (κ2) is 16.9. The predicted octanol–water partition coefficient (Wildman–Crippen LogP) is 6.69. The van der Waals surface area contributed by atoms with Crippen LogP contribution >= 0.6 is 0 Å². The van der Waals surface area contributed by atoms with Crippen LogP contribution in [0.25, 0.3) is 0 Å². The van der Waals surface area contributed by atoms with Crippen LogP contribution in [0.1, 0.15) is 60.1 Å². The van der Waals surface area contributed by atoms with Crippen LogP contribution in [0, 0.1) is 23.7 Å². The maximum absolute atomic E-state index is 14.3. The molecular formula is C42H46N2O6. The third kappa shape index (κ3) is 8.67. The minimum atomic E-state index is -1.50. The first kappa shape index (κ1) is 36.1. The molecule has 4 atom stereocenters. The van der Waals surface area contributed by atoms with Crippen LogP contribution in [-0.2, 0) is 45.1 Å². The number of rotatable bonds is 16. The predicted molar refractivity (Wildman–Crippen MR) is 192 cm³/mol. The summed E-state index contributed by atoms with van der Waals surface area (Å²) >= 11 is 0. The SMILES string of the molecule is CCCN(Cc1ccc(Cc2ccccc2)cc1)C(=O)C1C(C(=O)O)C(C(=O)O)C1C(=O)N(CCC)Cc1ccc(Cc2ccccc2)cc1. The number of carboxylic acid groups (broad SMARTS) is 2. The number of hydrogen-bond acceptors (Lipinski definition) is 4. The van der Waals surface area contributed by atoms with E-state index in [2.05, 4.69) is 24.3 Å². The lowest BCUT2D eigenvalue weighted by Gasteiger charge is -2.48. The Morgan fingerprint density at radius 1 is 0.460 bits per heavy atom. The van der Waals surface area contributed by atoms with Crippen molar-refractivity contribution in [3.8, 4) is 0 Å². The minimum Gasteiger partial charge on any atom is -0.481 e. The van der Waals surface area contributed by atoms with E-state index < -0.39 is 47.4 Å². The van der Waals surface area contributed by atoms with Crippen LogP contribution in [-0.4, -0.2) is 56.9 Å². The molecule has 4 aromatic rings. The summed E-state index contributed by atoms with van der Waals surface area (Å²) in [4.78, 5) is 56.7. The Balaban J connectivity index is 1.35. The summed E-state index contributed by atoms with van der Waals surface area (Å²) in [5.74, 6) is -9.30. The zero-order chi connectivity index (χ0) is 35.6. The van der Waals surface area contributed by atoms with Gasteiger partial charge in [-0.05, 0) is 59.1 Å². The van der Waals surface area contributed by atoms with Gasteiger partial charge in [0, 0.05) is 26.2 Å². The van der Waals surface area contributed by atoms with Crippen LogP contribution < -0.4 is 0 Å². The van der Waals surface area contributed by atoms with Crippen LogP contribution in [0.2, 0.25) is 0 Å². The van der Waals surface area contributed by atoms with Gasteiger partial charge in [0.25, 0.3) is 0 Å². The van der Waals surface area contributed by atoms with Crippen molar-refractivity contribution in [3.63, 3.8) is 0 Å². The molecule has 8 heteroatoms. The van der Waals surface area contributed by atoms with Crippen LogP contribution in [0.3, 0.4) is 0 Å². The van der Waals surface area contributed by atoms with Gasteiger partial charge in [0.2, 0.25) is 11.8 Å². The molecule has 8 nitrogen and oxygen atoms in total. The van der Waals surface area contributed by atoms with E-state index >= 15 is 0 Å². The number of aliphatic carboxylic acids is 2. The highest BCUT2D eigenvalue weighted by Gasteiger charge is 2.64. The first-order valence-corrected chi connectivity index (χ1v) is 17.5. The molecule has 50 heavy (non-hydrogen) atoms. The highest BCUT2D eigenvalue weighted by molar-refractivity contribution is 5.99. The summed E-state index contributed by atoms with van der Waals surface area (Å²) in [5.41, 5.74) is 6.36. The quantitative estimate of drug-likeness (QED) is 0.137. The highest BCUT2D eigenvalue weighted by atomic mass is 16.4. The summed E-state index contributed by atoms with van der Waals surface area (Å²) in [6.07, 6.45) is 2.78. The van der Waals surface area contributed by atoms with Crippen molar-refractivity contribution in [2.45, 2.75) is 52.6 Å². The Kier molecular flexibility index (Phi) is 12.2. The lowest BCUT2D eigenvalue weighted by Crippen LogP contribution is -2.64. The third-order valence-corrected chi connectivity index (χ3v) is 9.59. The van der Waals surface area contributed by atoms with E-state index in [0.717, 1.165) is 35.1 Å². The van der Waals surface area contributed by atoms with Crippen LogP contribution in [0.4, 0.5) is 0 Å². The molecule has 0 spiro atoms. The summed E-state index contributed by atoms with van der Waals surface area (Å²) in [6, 6.07) is 36.1. The Hall–Kier alpha value is -5.24. The molecule has 4 aromatic carbocycles. The van der Waals surface area contributed by atoms with Gasteiger partial charge in [-0.3, -0.25) is 19.2 Å². The van der Waals surface area contributed by atoms with Crippen molar-refractivity contribution in [3.05, 3.63) is 143 Å². The Morgan fingerprint density at radius 2 is 0.760 bits per heavy atom. The van der Waals surface area contributed by atoms with Gasteiger partial charge in [-0.15, -0.1) is 0 Å². The van der Waals surface area contributed by atoms with E-state index in [1.165, 1.54) is 11.1 Å². The van der Waals surface area contributed by atoms with E-state index in [0.29, 0.717) is 25.9 Å². The van der Waals surface area contributed by atoms with Crippen molar-refractivity contribution in [1.82, 2.24) is 9.80 Å². The Morgan fingerprint density at radius 3 is 1.06 bits per heavy atom. The van der Waals surface area contributed by atoms with Crippen molar-refractivity contribution in [2.24, 2.45) is 23.7 Å².